The number of aromatic nitrogens is 5. The molecule has 20 heavy (non-hydrogen) atoms. The average molecular weight is 276 g/mol. The van der Waals surface area contributed by atoms with E-state index in [1.807, 2.05) is 16.9 Å². The highest BCUT2D eigenvalue weighted by Gasteiger charge is 2.25. The first-order chi connectivity index (χ1) is 9.83. The summed E-state index contributed by atoms with van der Waals surface area (Å²) in [6, 6.07) is 1.87. The van der Waals surface area contributed by atoms with Crippen molar-refractivity contribution in [3.05, 3.63) is 30.4 Å². The van der Waals surface area contributed by atoms with Crippen molar-refractivity contribution >= 4 is 5.91 Å². The van der Waals surface area contributed by atoms with E-state index in [4.69, 9.17) is 4.74 Å². The van der Waals surface area contributed by atoms with Crippen LogP contribution in [0.2, 0.25) is 0 Å². The minimum absolute atomic E-state index is 0.0618. The van der Waals surface area contributed by atoms with Crippen LogP contribution in [0.25, 0.3) is 0 Å². The van der Waals surface area contributed by atoms with Gasteiger partial charge in [-0.15, -0.1) is 0 Å². The first kappa shape index (κ1) is 12.8. The summed E-state index contributed by atoms with van der Waals surface area (Å²) in [6.07, 6.45) is 5.82. The fourth-order valence-corrected chi connectivity index (χ4v) is 2.27. The van der Waals surface area contributed by atoms with Crippen LogP contribution in [-0.4, -0.2) is 61.8 Å². The Kier molecular flexibility index (Phi) is 3.73. The van der Waals surface area contributed by atoms with E-state index in [2.05, 4.69) is 20.5 Å². The molecule has 0 aromatic carbocycles. The van der Waals surface area contributed by atoms with Crippen molar-refractivity contribution in [2.24, 2.45) is 0 Å². The molecule has 1 aliphatic rings. The molecule has 0 saturated carbocycles. The second-order valence-electron chi connectivity index (χ2n) is 4.68. The predicted octanol–water partition coefficient (Wildman–Crippen LogP) is -0.0675. The van der Waals surface area contributed by atoms with Crippen LogP contribution in [0.1, 0.15) is 16.9 Å². The molecule has 0 aliphatic carbocycles. The summed E-state index contributed by atoms with van der Waals surface area (Å²) in [5, 5.41) is 14.1. The van der Waals surface area contributed by atoms with Crippen LogP contribution < -0.4 is 0 Å². The van der Waals surface area contributed by atoms with Crippen LogP contribution in [-0.2, 0) is 11.3 Å². The Morgan fingerprint density at radius 3 is 3.25 bits per heavy atom. The van der Waals surface area contributed by atoms with E-state index in [9.17, 15) is 4.79 Å². The van der Waals surface area contributed by atoms with Crippen LogP contribution in [0.15, 0.2) is 24.7 Å². The first-order valence-corrected chi connectivity index (χ1v) is 6.57. The van der Waals surface area contributed by atoms with Crippen molar-refractivity contribution in [2.45, 2.75) is 19.1 Å². The third-order valence-electron chi connectivity index (χ3n) is 3.22. The van der Waals surface area contributed by atoms with Gasteiger partial charge in [0.2, 0.25) is 0 Å². The van der Waals surface area contributed by atoms with Crippen molar-refractivity contribution in [3.8, 4) is 0 Å². The number of nitrogens with zero attached hydrogens (tertiary/aromatic N) is 5. The number of carbonyl (C=O) groups is 1. The molecule has 3 rings (SSSR count). The zero-order chi connectivity index (χ0) is 13.8. The van der Waals surface area contributed by atoms with Crippen molar-refractivity contribution < 1.29 is 9.53 Å². The number of hydrogen-bond donors (Lipinski definition) is 1. The quantitative estimate of drug-likeness (QED) is 0.848. The molecule has 1 aliphatic heterocycles. The second-order valence-corrected chi connectivity index (χ2v) is 4.68. The number of aromatic amines is 1. The van der Waals surface area contributed by atoms with Gasteiger partial charge in [0.25, 0.3) is 5.91 Å². The van der Waals surface area contributed by atoms with E-state index in [1.54, 1.807) is 11.1 Å². The molecule has 2 aromatic rings. The van der Waals surface area contributed by atoms with Gasteiger partial charge < -0.3 is 9.64 Å². The Morgan fingerprint density at radius 2 is 2.50 bits per heavy atom. The van der Waals surface area contributed by atoms with Crippen molar-refractivity contribution in [1.29, 1.82) is 0 Å². The van der Waals surface area contributed by atoms with Crippen molar-refractivity contribution in [1.82, 2.24) is 30.1 Å². The number of carbonyl (C=O) groups excluding carboxylic acids is 1. The summed E-state index contributed by atoms with van der Waals surface area (Å²) in [4.78, 5) is 14.0. The maximum absolute atomic E-state index is 12.3. The number of amides is 1. The third kappa shape index (κ3) is 2.85. The number of nitrogens with one attached hydrogen (secondary N) is 1. The van der Waals surface area contributed by atoms with Gasteiger partial charge in [-0.1, -0.05) is 0 Å². The Balaban J connectivity index is 1.67. The van der Waals surface area contributed by atoms with E-state index >= 15 is 0 Å². The van der Waals surface area contributed by atoms with Gasteiger partial charge in [0, 0.05) is 32.1 Å². The lowest BCUT2D eigenvalue weighted by atomic mass is 10.3. The van der Waals surface area contributed by atoms with E-state index in [0.29, 0.717) is 31.9 Å². The molecule has 106 valence electrons. The van der Waals surface area contributed by atoms with Gasteiger partial charge in [0.05, 0.1) is 18.8 Å². The molecular weight excluding hydrogens is 260 g/mol. The number of H-pyrrole nitrogens is 1. The lowest BCUT2D eigenvalue weighted by Gasteiger charge is -2.23. The van der Waals surface area contributed by atoms with E-state index in [0.717, 1.165) is 6.42 Å². The Bertz CT molecular complexity index is 538. The number of hydrogen-bond acceptors (Lipinski definition) is 5. The fourth-order valence-electron chi connectivity index (χ4n) is 2.27. The monoisotopic (exact) mass is 276 g/mol. The summed E-state index contributed by atoms with van der Waals surface area (Å²) in [5.74, 6) is -0.116. The summed E-state index contributed by atoms with van der Waals surface area (Å²) in [7, 11) is 0. The lowest BCUT2D eigenvalue weighted by Crippen LogP contribution is -2.38. The molecule has 8 heteroatoms. The van der Waals surface area contributed by atoms with E-state index in [1.165, 1.54) is 6.20 Å². The van der Waals surface area contributed by atoms with Gasteiger partial charge in [-0.3, -0.25) is 9.48 Å². The molecule has 0 radical (unpaired) electrons. The molecule has 1 N–H and O–H groups in total. The minimum Gasteiger partial charge on any atom is -0.374 e. The minimum atomic E-state index is -0.116. The van der Waals surface area contributed by atoms with Gasteiger partial charge in [-0.25, -0.2) is 0 Å². The predicted molar refractivity (Wildman–Crippen MR) is 68.9 cm³/mol. The van der Waals surface area contributed by atoms with Crippen LogP contribution in [0, 0.1) is 0 Å². The largest absolute Gasteiger partial charge is 0.374 e. The number of ether oxygens (including phenoxy) is 1. The zero-order valence-corrected chi connectivity index (χ0v) is 11.0. The van der Waals surface area contributed by atoms with Gasteiger partial charge in [0.15, 0.2) is 5.69 Å². The van der Waals surface area contributed by atoms with E-state index in [-0.39, 0.29) is 12.0 Å². The lowest BCUT2D eigenvalue weighted by molar-refractivity contribution is 0.0365. The molecule has 3 heterocycles. The molecule has 1 saturated heterocycles. The molecule has 8 nitrogen and oxygen atoms in total. The van der Waals surface area contributed by atoms with Gasteiger partial charge >= 0.3 is 0 Å². The summed E-state index contributed by atoms with van der Waals surface area (Å²) < 4.78 is 7.59. The normalized spacial score (nSPS) is 19.8. The third-order valence-corrected chi connectivity index (χ3v) is 3.22. The molecule has 1 unspecified atom stereocenters. The van der Waals surface area contributed by atoms with Crippen LogP contribution in [0.3, 0.4) is 0 Å². The maximum atomic E-state index is 12.3. The van der Waals surface area contributed by atoms with Crippen LogP contribution in [0.4, 0.5) is 0 Å². The summed E-state index contributed by atoms with van der Waals surface area (Å²) >= 11 is 0. The standard InChI is InChI=1S/C12H16N6O2/c19-12(11-7-13-16-15-11)17-4-2-6-20-10(8-17)9-18-5-1-3-14-18/h1,3,5,7,10H,2,4,6,8-9H2,(H,13,15,16). The van der Waals surface area contributed by atoms with Crippen molar-refractivity contribution in [3.63, 3.8) is 0 Å². The average Bonchev–Trinajstić information content (AvgIpc) is 3.10. The van der Waals surface area contributed by atoms with Crippen LogP contribution >= 0.6 is 0 Å². The summed E-state index contributed by atoms with van der Waals surface area (Å²) in [6.45, 7) is 2.48. The van der Waals surface area contributed by atoms with Gasteiger partial charge in [0.1, 0.15) is 0 Å². The van der Waals surface area contributed by atoms with E-state index < -0.39 is 0 Å². The molecular formula is C12H16N6O2. The number of rotatable bonds is 3. The molecule has 0 spiro atoms. The van der Waals surface area contributed by atoms with Crippen molar-refractivity contribution in [2.75, 3.05) is 19.7 Å². The highest BCUT2D eigenvalue weighted by molar-refractivity contribution is 5.91. The van der Waals surface area contributed by atoms with Gasteiger partial charge in [-0.2, -0.15) is 20.5 Å². The molecule has 1 fully saturated rings. The zero-order valence-electron chi connectivity index (χ0n) is 11.0. The molecule has 0 bridgehead atoms. The Labute approximate surface area is 115 Å². The Hall–Kier alpha value is -2.22. The SMILES string of the molecule is O=C(c1cn[nH]n1)N1CCCOC(Cn2cccn2)C1. The smallest absolute Gasteiger partial charge is 0.276 e. The van der Waals surface area contributed by atoms with Gasteiger partial charge in [-0.05, 0) is 12.5 Å². The fraction of sp³-hybridized carbons (Fsp3) is 0.500. The van der Waals surface area contributed by atoms with Crippen LogP contribution in [0.5, 0.6) is 0 Å². The summed E-state index contributed by atoms with van der Waals surface area (Å²) in [5.41, 5.74) is 0.338. The highest BCUT2D eigenvalue weighted by Crippen LogP contribution is 2.10. The maximum Gasteiger partial charge on any atom is 0.276 e. The topological polar surface area (TPSA) is 88.9 Å². The molecule has 2 aromatic heterocycles. The highest BCUT2D eigenvalue weighted by atomic mass is 16.5. The second kappa shape index (κ2) is 5.83. The first-order valence-electron chi connectivity index (χ1n) is 6.57. The molecule has 1 amide bonds. The Morgan fingerprint density at radius 1 is 1.55 bits per heavy atom. The molecule has 1 atom stereocenters.